The Morgan fingerprint density at radius 3 is 2.00 bits per heavy atom. The number of rotatable bonds is 4. The molecule has 158 valence electrons. The number of aromatic amines is 2. The summed E-state index contributed by atoms with van der Waals surface area (Å²) in [7, 11) is 0. The molecule has 1 saturated carbocycles. The number of amides is 2. The van der Waals surface area contributed by atoms with Gasteiger partial charge in [0.15, 0.2) is 0 Å². The van der Waals surface area contributed by atoms with Crippen LogP contribution in [0.1, 0.15) is 12.8 Å². The Hall–Kier alpha value is -4.21. The van der Waals surface area contributed by atoms with Crippen molar-refractivity contribution in [2.24, 2.45) is 11.8 Å². The molecule has 1 aliphatic carbocycles. The quantitative estimate of drug-likeness (QED) is 0.398. The van der Waals surface area contributed by atoms with Crippen LogP contribution in [0.5, 0.6) is 5.75 Å². The zero-order chi connectivity index (χ0) is 22.1. The van der Waals surface area contributed by atoms with Crippen molar-refractivity contribution in [1.82, 2.24) is 9.97 Å². The van der Waals surface area contributed by atoms with Crippen molar-refractivity contribution < 1.29 is 24.3 Å². The van der Waals surface area contributed by atoms with Crippen LogP contribution >= 0.6 is 0 Å². The average Bonchev–Trinajstić information content (AvgIpc) is 3.08. The third-order valence-corrected chi connectivity index (χ3v) is 5.12. The van der Waals surface area contributed by atoms with Gasteiger partial charge in [-0.3, -0.25) is 19.2 Å². The molecule has 0 aliphatic heterocycles. The van der Waals surface area contributed by atoms with Gasteiger partial charge in [-0.1, -0.05) is 6.07 Å². The Balaban J connectivity index is 1.42. The lowest BCUT2D eigenvalue weighted by Crippen LogP contribution is -2.43. The fourth-order valence-electron chi connectivity index (χ4n) is 3.55. The summed E-state index contributed by atoms with van der Waals surface area (Å²) in [6, 6.07) is 10.5. The lowest BCUT2D eigenvalue weighted by atomic mass is 9.79. The van der Waals surface area contributed by atoms with E-state index in [1.165, 1.54) is 30.3 Å². The van der Waals surface area contributed by atoms with Gasteiger partial charge in [0.2, 0.25) is 11.8 Å². The molecule has 0 spiro atoms. The number of benzene rings is 2. The lowest BCUT2D eigenvalue weighted by molar-refractivity contribution is -0.145. The lowest BCUT2D eigenvalue weighted by Gasteiger charge is -2.25. The maximum absolute atomic E-state index is 12.6. The molecule has 31 heavy (non-hydrogen) atoms. The number of aromatic hydroxyl groups is 1. The number of nitrogens with one attached hydrogen (secondary N) is 4. The maximum atomic E-state index is 12.6. The first-order valence-electron chi connectivity index (χ1n) is 9.48. The Morgan fingerprint density at radius 2 is 1.39 bits per heavy atom. The number of carbonyl (C=O) groups excluding carboxylic acids is 4. The van der Waals surface area contributed by atoms with Crippen molar-refractivity contribution in [3.8, 4) is 5.75 Å². The Labute approximate surface area is 174 Å². The molecule has 10 nitrogen and oxygen atoms in total. The second-order valence-corrected chi connectivity index (χ2v) is 7.31. The molecule has 0 bridgehead atoms. The molecular weight excluding hydrogens is 404 g/mol. The molecule has 1 aliphatic rings. The van der Waals surface area contributed by atoms with Crippen LogP contribution in [0.3, 0.4) is 0 Å². The number of anilines is 2. The smallest absolute Gasteiger partial charge is 0.323 e. The van der Waals surface area contributed by atoms with Gasteiger partial charge >= 0.3 is 5.69 Å². The molecule has 1 heterocycles. The molecule has 1 aromatic heterocycles. The van der Waals surface area contributed by atoms with Crippen molar-refractivity contribution >= 4 is 45.8 Å². The van der Waals surface area contributed by atoms with Gasteiger partial charge in [0, 0.05) is 30.3 Å². The summed E-state index contributed by atoms with van der Waals surface area (Å²) in [5, 5.41) is 14.6. The molecular formula is C21H18N4O6. The summed E-state index contributed by atoms with van der Waals surface area (Å²) in [6.07, 6.45) is -0.766. The molecule has 0 radical (unpaired) electrons. The maximum Gasteiger partial charge on any atom is 0.323 e. The number of phenolic OH excluding ortho intramolecular Hbond substituents is 1. The van der Waals surface area contributed by atoms with Crippen LogP contribution < -0.4 is 16.3 Å². The normalized spacial score (nSPS) is 18.7. The highest BCUT2D eigenvalue weighted by Crippen LogP contribution is 2.27. The number of imidazole rings is 1. The molecule has 2 aromatic carbocycles. The van der Waals surface area contributed by atoms with Gasteiger partial charge in [-0.15, -0.1) is 0 Å². The van der Waals surface area contributed by atoms with Gasteiger partial charge in [0.25, 0.3) is 0 Å². The highest BCUT2D eigenvalue weighted by Gasteiger charge is 2.41. The van der Waals surface area contributed by atoms with Gasteiger partial charge in [-0.05, 0) is 30.3 Å². The van der Waals surface area contributed by atoms with Gasteiger partial charge in [0.1, 0.15) is 29.2 Å². The average molecular weight is 422 g/mol. The van der Waals surface area contributed by atoms with Crippen LogP contribution in [0.4, 0.5) is 11.4 Å². The Kier molecular flexibility index (Phi) is 5.12. The van der Waals surface area contributed by atoms with E-state index in [-0.39, 0.29) is 24.3 Å². The van der Waals surface area contributed by atoms with Crippen LogP contribution in [0.15, 0.2) is 47.3 Å². The molecule has 2 amide bonds. The summed E-state index contributed by atoms with van der Waals surface area (Å²) in [5.74, 6) is -4.78. The van der Waals surface area contributed by atoms with Gasteiger partial charge < -0.3 is 25.7 Å². The Bertz CT molecular complexity index is 1270. The monoisotopic (exact) mass is 422 g/mol. The van der Waals surface area contributed by atoms with E-state index in [1.807, 2.05) is 0 Å². The minimum atomic E-state index is -1.20. The predicted molar refractivity (Wildman–Crippen MR) is 111 cm³/mol. The number of hydrogen-bond donors (Lipinski definition) is 5. The summed E-state index contributed by atoms with van der Waals surface area (Å²) in [5.41, 5.74) is 1.31. The number of H-pyrrole nitrogens is 2. The second-order valence-electron chi connectivity index (χ2n) is 7.31. The first-order chi connectivity index (χ1) is 14.8. The van der Waals surface area contributed by atoms with E-state index in [0.29, 0.717) is 22.4 Å². The molecule has 1 fully saturated rings. The van der Waals surface area contributed by atoms with Crippen LogP contribution in [0.25, 0.3) is 11.0 Å². The number of aromatic nitrogens is 2. The van der Waals surface area contributed by atoms with Crippen molar-refractivity contribution in [2.75, 3.05) is 10.6 Å². The number of Topliss-reactive ketones (excluding diaryl/α,β-unsaturated/α-hetero) is 2. The number of carbonyl (C=O) groups is 4. The van der Waals surface area contributed by atoms with Gasteiger partial charge in [0.05, 0.1) is 11.0 Å². The van der Waals surface area contributed by atoms with Crippen molar-refractivity contribution in [3.63, 3.8) is 0 Å². The fourth-order valence-corrected chi connectivity index (χ4v) is 3.55. The van der Waals surface area contributed by atoms with Crippen molar-refractivity contribution in [3.05, 3.63) is 52.9 Å². The third-order valence-electron chi connectivity index (χ3n) is 5.12. The van der Waals surface area contributed by atoms with Crippen LogP contribution in [0, 0.1) is 11.8 Å². The van der Waals surface area contributed by atoms with E-state index in [9.17, 15) is 29.1 Å². The second kappa shape index (κ2) is 7.90. The zero-order valence-electron chi connectivity index (χ0n) is 16.1. The first kappa shape index (κ1) is 20.1. The molecule has 3 aromatic rings. The number of phenols is 1. The van der Waals surface area contributed by atoms with Crippen molar-refractivity contribution in [1.29, 1.82) is 0 Å². The predicted octanol–water partition coefficient (Wildman–Crippen LogP) is 1.30. The zero-order valence-corrected chi connectivity index (χ0v) is 16.1. The molecule has 2 unspecified atom stereocenters. The number of fused-ring (bicyclic) bond motifs is 1. The van der Waals surface area contributed by atoms with Gasteiger partial charge in [-0.2, -0.15) is 0 Å². The van der Waals surface area contributed by atoms with Crippen LogP contribution in [-0.2, 0) is 19.2 Å². The molecule has 0 saturated heterocycles. The third kappa shape index (κ3) is 4.22. The van der Waals surface area contributed by atoms with Gasteiger partial charge in [-0.25, -0.2) is 4.79 Å². The fraction of sp³-hybridized carbons (Fsp3) is 0.190. The van der Waals surface area contributed by atoms with E-state index < -0.39 is 35.2 Å². The van der Waals surface area contributed by atoms with E-state index in [2.05, 4.69) is 20.6 Å². The van der Waals surface area contributed by atoms with E-state index in [0.717, 1.165) is 0 Å². The minimum Gasteiger partial charge on any atom is -0.508 e. The van der Waals surface area contributed by atoms with E-state index in [1.54, 1.807) is 12.1 Å². The van der Waals surface area contributed by atoms with E-state index >= 15 is 0 Å². The molecule has 10 heteroatoms. The molecule has 4 rings (SSSR count). The topological polar surface area (TPSA) is 161 Å². The van der Waals surface area contributed by atoms with Crippen LogP contribution in [0.2, 0.25) is 0 Å². The largest absolute Gasteiger partial charge is 0.508 e. The molecule has 2 atom stereocenters. The highest BCUT2D eigenvalue weighted by molar-refractivity contribution is 6.18. The highest BCUT2D eigenvalue weighted by atomic mass is 16.3. The van der Waals surface area contributed by atoms with E-state index in [4.69, 9.17) is 0 Å². The summed E-state index contributed by atoms with van der Waals surface area (Å²) < 4.78 is 0. The Morgan fingerprint density at radius 1 is 0.806 bits per heavy atom. The molecule has 5 N–H and O–H groups in total. The standard InChI is InChI=1S/C21H18N4O6/c26-12-3-1-2-10(6-12)22-19(29)13-8-18(28)14(9-17(13)27)20(30)23-11-4-5-15-16(7-11)25-21(31)24-15/h1-7,13-14,26H,8-9H2,(H,22,29)(H,23,30)(H2,24,25,31). The first-order valence-corrected chi connectivity index (χ1v) is 9.48. The number of hydrogen-bond acceptors (Lipinski definition) is 6. The van der Waals surface area contributed by atoms with Crippen molar-refractivity contribution in [2.45, 2.75) is 12.8 Å². The summed E-state index contributed by atoms with van der Waals surface area (Å²) >= 11 is 0. The summed E-state index contributed by atoms with van der Waals surface area (Å²) in [4.78, 5) is 66.5. The number of ketones is 2. The minimum absolute atomic E-state index is 0.0533. The summed E-state index contributed by atoms with van der Waals surface area (Å²) in [6.45, 7) is 0. The SMILES string of the molecule is O=C1CC(C(=O)Nc2ccc3[nH]c(=O)[nH]c3c2)C(=O)CC1C(=O)Nc1cccc(O)c1. The van der Waals surface area contributed by atoms with Crippen LogP contribution in [-0.4, -0.2) is 38.5 Å².